The molecule has 1 heterocycles. The van der Waals surface area contributed by atoms with Crippen LogP contribution < -0.4 is 4.74 Å². The van der Waals surface area contributed by atoms with Gasteiger partial charge in [-0.15, -0.1) is 11.6 Å². The number of halogens is 2. The number of hydrogen-bond donors (Lipinski definition) is 0. The first-order chi connectivity index (χ1) is 7.67. The van der Waals surface area contributed by atoms with Crippen molar-refractivity contribution in [3.05, 3.63) is 22.3 Å². The van der Waals surface area contributed by atoms with Crippen molar-refractivity contribution in [3.8, 4) is 5.88 Å². The Morgan fingerprint density at radius 1 is 1.56 bits per heavy atom. The Morgan fingerprint density at radius 3 is 2.94 bits per heavy atom. The second kappa shape index (κ2) is 7.09. The Kier molecular flexibility index (Phi) is 6.09. The molecule has 0 fully saturated rings. The molecule has 0 aliphatic carbocycles. The molecule has 3 nitrogen and oxygen atoms in total. The average molecular weight is 309 g/mol. The van der Waals surface area contributed by atoms with Crippen LogP contribution in [0.25, 0.3) is 0 Å². The molecule has 0 spiro atoms. The molecular weight excluding hydrogens is 293 g/mol. The quantitative estimate of drug-likeness (QED) is 0.755. The zero-order chi connectivity index (χ0) is 12.0. The van der Waals surface area contributed by atoms with Crippen molar-refractivity contribution < 1.29 is 9.47 Å². The summed E-state index contributed by atoms with van der Waals surface area (Å²) in [6.45, 7) is 5.13. The van der Waals surface area contributed by atoms with Gasteiger partial charge in [-0.25, -0.2) is 4.98 Å². The lowest BCUT2D eigenvalue weighted by Gasteiger charge is -2.15. The molecule has 0 aliphatic heterocycles. The van der Waals surface area contributed by atoms with Crippen LogP contribution in [0.5, 0.6) is 5.88 Å². The van der Waals surface area contributed by atoms with Gasteiger partial charge in [0.1, 0.15) is 6.10 Å². The maximum atomic E-state index is 5.82. The first-order valence-electron chi connectivity index (χ1n) is 5.12. The highest BCUT2D eigenvalue weighted by molar-refractivity contribution is 9.10. The highest BCUT2D eigenvalue weighted by atomic mass is 79.9. The number of hydrogen-bond acceptors (Lipinski definition) is 3. The van der Waals surface area contributed by atoms with Crippen LogP contribution in [0.2, 0.25) is 0 Å². The van der Waals surface area contributed by atoms with Crippen molar-refractivity contribution in [2.75, 3.05) is 13.2 Å². The average Bonchev–Trinajstić information content (AvgIpc) is 2.28. The molecular formula is C11H15BrClNO2. The van der Waals surface area contributed by atoms with E-state index >= 15 is 0 Å². The summed E-state index contributed by atoms with van der Waals surface area (Å²) in [5, 5.41) is 0. The number of ether oxygens (including phenoxy) is 2. The van der Waals surface area contributed by atoms with E-state index in [-0.39, 0.29) is 6.10 Å². The number of aromatic nitrogens is 1. The summed E-state index contributed by atoms with van der Waals surface area (Å²) in [5.41, 5.74) is 0.874. The number of nitrogens with zero attached hydrogens (tertiary/aromatic N) is 1. The SMILES string of the molecule is CCOCC(C)Oc1ncc(Br)cc1CCl. The van der Waals surface area contributed by atoms with E-state index < -0.39 is 0 Å². The minimum atomic E-state index is -0.0319. The number of pyridine rings is 1. The van der Waals surface area contributed by atoms with Crippen LogP contribution in [0.3, 0.4) is 0 Å². The normalized spacial score (nSPS) is 12.5. The van der Waals surface area contributed by atoms with Crippen molar-refractivity contribution in [2.45, 2.75) is 25.8 Å². The summed E-state index contributed by atoms with van der Waals surface area (Å²) < 4.78 is 11.8. The predicted molar refractivity (Wildman–Crippen MR) is 68.1 cm³/mol. The molecule has 90 valence electrons. The fourth-order valence-electron chi connectivity index (χ4n) is 1.18. The minimum Gasteiger partial charge on any atom is -0.472 e. The molecule has 1 aromatic rings. The summed E-state index contributed by atoms with van der Waals surface area (Å²) in [6, 6.07) is 1.91. The van der Waals surface area contributed by atoms with Crippen LogP contribution in [0.1, 0.15) is 19.4 Å². The first-order valence-corrected chi connectivity index (χ1v) is 6.45. The van der Waals surface area contributed by atoms with Crippen LogP contribution in [0.15, 0.2) is 16.7 Å². The summed E-state index contributed by atoms with van der Waals surface area (Å²) in [5.74, 6) is 0.953. The zero-order valence-electron chi connectivity index (χ0n) is 9.37. The minimum absolute atomic E-state index is 0.0319. The van der Waals surface area contributed by atoms with Gasteiger partial charge in [0.2, 0.25) is 5.88 Å². The van der Waals surface area contributed by atoms with Crippen LogP contribution in [-0.2, 0) is 10.6 Å². The maximum absolute atomic E-state index is 5.82. The van der Waals surface area contributed by atoms with E-state index in [1.165, 1.54) is 0 Å². The summed E-state index contributed by atoms with van der Waals surface area (Å²) >= 11 is 9.16. The van der Waals surface area contributed by atoms with Crippen LogP contribution in [0.4, 0.5) is 0 Å². The fraction of sp³-hybridized carbons (Fsp3) is 0.545. The molecule has 1 rings (SSSR count). The van der Waals surface area contributed by atoms with E-state index in [1.54, 1.807) is 6.20 Å². The molecule has 0 aromatic carbocycles. The lowest BCUT2D eigenvalue weighted by atomic mass is 10.3. The number of alkyl halides is 1. The highest BCUT2D eigenvalue weighted by Crippen LogP contribution is 2.22. The molecule has 16 heavy (non-hydrogen) atoms. The van der Waals surface area contributed by atoms with Gasteiger partial charge < -0.3 is 9.47 Å². The Hall–Kier alpha value is -0.320. The lowest BCUT2D eigenvalue weighted by Crippen LogP contribution is -2.20. The second-order valence-electron chi connectivity index (χ2n) is 3.34. The Labute approximate surface area is 109 Å². The predicted octanol–water partition coefficient (Wildman–Crippen LogP) is 3.39. The van der Waals surface area contributed by atoms with Gasteiger partial charge in [-0.05, 0) is 35.8 Å². The standard InChI is InChI=1S/C11H15BrClNO2/c1-3-15-7-8(2)16-11-9(5-13)4-10(12)6-14-11/h4,6,8H,3,5,7H2,1-2H3. The molecule has 0 bridgehead atoms. The maximum Gasteiger partial charge on any atom is 0.218 e. The van der Waals surface area contributed by atoms with Gasteiger partial charge in [0.05, 0.1) is 12.5 Å². The first kappa shape index (κ1) is 13.7. The van der Waals surface area contributed by atoms with Crippen molar-refractivity contribution in [1.82, 2.24) is 4.98 Å². The van der Waals surface area contributed by atoms with Gasteiger partial charge in [0.25, 0.3) is 0 Å². The molecule has 1 atom stereocenters. The highest BCUT2D eigenvalue weighted by Gasteiger charge is 2.10. The monoisotopic (exact) mass is 307 g/mol. The van der Waals surface area contributed by atoms with Crippen molar-refractivity contribution in [2.24, 2.45) is 0 Å². The lowest BCUT2D eigenvalue weighted by molar-refractivity contribution is 0.0629. The third kappa shape index (κ3) is 4.28. The molecule has 0 aliphatic rings. The molecule has 0 saturated heterocycles. The van der Waals surface area contributed by atoms with E-state index in [9.17, 15) is 0 Å². The van der Waals surface area contributed by atoms with Crippen LogP contribution >= 0.6 is 27.5 Å². The molecule has 0 amide bonds. The summed E-state index contributed by atoms with van der Waals surface area (Å²) in [4.78, 5) is 4.19. The topological polar surface area (TPSA) is 31.4 Å². The van der Waals surface area contributed by atoms with E-state index in [0.29, 0.717) is 25.0 Å². The summed E-state index contributed by atoms with van der Waals surface area (Å²) in [7, 11) is 0. The molecule has 5 heteroatoms. The molecule has 0 saturated carbocycles. The second-order valence-corrected chi connectivity index (χ2v) is 4.52. The molecule has 1 unspecified atom stereocenters. The van der Waals surface area contributed by atoms with E-state index in [1.807, 2.05) is 19.9 Å². The fourth-order valence-corrected chi connectivity index (χ4v) is 1.75. The third-order valence-electron chi connectivity index (χ3n) is 1.91. The van der Waals surface area contributed by atoms with Crippen molar-refractivity contribution >= 4 is 27.5 Å². The molecule has 0 radical (unpaired) electrons. The van der Waals surface area contributed by atoms with Gasteiger partial charge in [0, 0.05) is 22.8 Å². The largest absolute Gasteiger partial charge is 0.472 e. The Morgan fingerprint density at radius 2 is 2.31 bits per heavy atom. The third-order valence-corrected chi connectivity index (χ3v) is 2.63. The smallest absolute Gasteiger partial charge is 0.218 e. The molecule has 1 aromatic heterocycles. The van der Waals surface area contributed by atoms with Gasteiger partial charge in [-0.1, -0.05) is 0 Å². The van der Waals surface area contributed by atoms with Gasteiger partial charge in [-0.3, -0.25) is 0 Å². The summed E-state index contributed by atoms with van der Waals surface area (Å²) in [6.07, 6.45) is 1.66. The van der Waals surface area contributed by atoms with Crippen LogP contribution in [0, 0.1) is 0 Å². The van der Waals surface area contributed by atoms with Crippen molar-refractivity contribution in [1.29, 1.82) is 0 Å². The molecule has 0 N–H and O–H groups in total. The van der Waals surface area contributed by atoms with Gasteiger partial charge in [0.15, 0.2) is 0 Å². The van der Waals surface area contributed by atoms with Crippen molar-refractivity contribution in [3.63, 3.8) is 0 Å². The number of rotatable bonds is 6. The van der Waals surface area contributed by atoms with E-state index in [2.05, 4.69) is 20.9 Å². The van der Waals surface area contributed by atoms with E-state index in [4.69, 9.17) is 21.1 Å². The van der Waals surface area contributed by atoms with Crippen LogP contribution in [-0.4, -0.2) is 24.3 Å². The zero-order valence-corrected chi connectivity index (χ0v) is 11.7. The van der Waals surface area contributed by atoms with Gasteiger partial charge >= 0.3 is 0 Å². The Balaban J connectivity index is 2.65. The van der Waals surface area contributed by atoms with Gasteiger partial charge in [-0.2, -0.15) is 0 Å². The Bertz CT molecular complexity index is 336. The van der Waals surface area contributed by atoms with E-state index in [0.717, 1.165) is 10.0 Å².